The summed E-state index contributed by atoms with van der Waals surface area (Å²) in [4.78, 5) is 67.6. The molecule has 1 saturated heterocycles. The number of carbonyl (C=O) groups is 5. The van der Waals surface area contributed by atoms with E-state index in [9.17, 15) is 29.1 Å². The molecule has 3 aliphatic carbocycles. The molecule has 0 aromatic heterocycles. The molecular formula is C33H33NO7. The van der Waals surface area contributed by atoms with Crippen LogP contribution in [-0.2, 0) is 24.0 Å². The maximum absolute atomic E-state index is 14.2. The molecule has 1 heterocycles. The van der Waals surface area contributed by atoms with Crippen molar-refractivity contribution in [2.45, 2.75) is 52.4 Å². The lowest BCUT2D eigenvalue weighted by Gasteiger charge is -2.54. The number of hydrogen-bond acceptors (Lipinski definition) is 6. The predicted molar refractivity (Wildman–Crippen MR) is 150 cm³/mol. The second kappa shape index (κ2) is 9.50. The fraction of sp³-hybridized carbons (Fsp3) is 0.424. The third-order valence-corrected chi connectivity index (χ3v) is 10.3. The Morgan fingerprint density at radius 1 is 0.976 bits per heavy atom. The second-order valence-corrected chi connectivity index (χ2v) is 12.2. The minimum absolute atomic E-state index is 0.0463. The largest absolute Gasteiger partial charge is 0.507 e. The lowest BCUT2D eigenvalue weighted by molar-refractivity contribution is -0.143. The molecule has 4 aliphatic rings. The van der Waals surface area contributed by atoms with E-state index in [4.69, 9.17) is 5.11 Å². The molecule has 0 bridgehead atoms. The molecule has 0 unspecified atom stereocenters. The monoisotopic (exact) mass is 555 g/mol. The summed E-state index contributed by atoms with van der Waals surface area (Å²) in [6, 6.07) is 10.8. The van der Waals surface area contributed by atoms with Gasteiger partial charge in [-0.25, -0.2) is 0 Å². The number of amides is 2. The molecule has 2 fully saturated rings. The van der Waals surface area contributed by atoms with Crippen LogP contribution in [0.4, 0.5) is 0 Å². The fourth-order valence-corrected chi connectivity index (χ4v) is 8.16. The van der Waals surface area contributed by atoms with Crippen molar-refractivity contribution < 1.29 is 34.2 Å². The Kier molecular flexibility index (Phi) is 6.28. The number of likely N-dealkylation sites (tertiary alicyclic amines) is 1. The lowest BCUT2D eigenvalue weighted by atomic mass is 9.46. The zero-order valence-electron chi connectivity index (χ0n) is 23.3. The third kappa shape index (κ3) is 3.76. The molecule has 2 amide bonds. The van der Waals surface area contributed by atoms with Gasteiger partial charge >= 0.3 is 5.97 Å². The van der Waals surface area contributed by atoms with Gasteiger partial charge in [0, 0.05) is 30.2 Å². The molecule has 1 saturated carbocycles. The molecular weight excluding hydrogens is 522 g/mol. The number of aliphatic carboxylic acids is 1. The topological polar surface area (TPSA) is 129 Å². The van der Waals surface area contributed by atoms with Crippen LogP contribution < -0.4 is 0 Å². The van der Waals surface area contributed by atoms with Crippen LogP contribution in [0.5, 0.6) is 5.75 Å². The highest BCUT2D eigenvalue weighted by Gasteiger charge is 2.64. The number of nitrogens with zero attached hydrogens (tertiary/aromatic N) is 1. The Labute approximate surface area is 237 Å². The normalized spacial score (nSPS) is 31.2. The SMILES string of the molecule is CC1=C(C)C(=O)[C@@]2(C)[C@@H](c3ccc(O)c4ccccc34)C3=CC[C@@H]4C(=O)N(CCCC(=O)O)C(=O)[C@@H]4[C@@H]3C[C@H]2C1=O. The Morgan fingerprint density at radius 3 is 2.39 bits per heavy atom. The van der Waals surface area contributed by atoms with Crippen LogP contribution in [0.1, 0.15) is 57.9 Å². The highest BCUT2D eigenvalue weighted by molar-refractivity contribution is 6.16. The van der Waals surface area contributed by atoms with Gasteiger partial charge in [0.15, 0.2) is 11.6 Å². The summed E-state index contributed by atoms with van der Waals surface area (Å²) >= 11 is 0. The maximum Gasteiger partial charge on any atom is 0.303 e. The van der Waals surface area contributed by atoms with Crippen LogP contribution in [0.25, 0.3) is 10.8 Å². The lowest BCUT2D eigenvalue weighted by Crippen LogP contribution is -2.55. The van der Waals surface area contributed by atoms with Crippen molar-refractivity contribution in [3.05, 3.63) is 64.8 Å². The van der Waals surface area contributed by atoms with Gasteiger partial charge < -0.3 is 10.2 Å². The number of hydrogen-bond donors (Lipinski definition) is 2. The van der Waals surface area contributed by atoms with Crippen molar-refractivity contribution in [1.82, 2.24) is 4.90 Å². The van der Waals surface area contributed by atoms with E-state index >= 15 is 0 Å². The number of aromatic hydroxyl groups is 1. The van der Waals surface area contributed by atoms with E-state index in [1.807, 2.05) is 43.3 Å². The molecule has 2 aromatic rings. The summed E-state index contributed by atoms with van der Waals surface area (Å²) in [7, 11) is 0. The van der Waals surface area contributed by atoms with Gasteiger partial charge in [-0.05, 0) is 67.2 Å². The Morgan fingerprint density at radius 2 is 1.68 bits per heavy atom. The van der Waals surface area contributed by atoms with Crippen molar-refractivity contribution in [3.8, 4) is 5.75 Å². The summed E-state index contributed by atoms with van der Waals surface area (Å²) in [6.45, 7) is 5.30. The van der Waals surface area contributed by atoms with Gasteiger partial charge in [0.2, 0.25) is 11.8 Å². The molecule has 0 radical (unpaired) electrons. The number of ketones is 2. The van der Waals surface area contributed by atoms with Crippen LogP contribution >= 0.6 is 0 Å². The van der Waals surface area contributed by atoms with Crippen LogP contribution in [0, 0.1) is 29.1 Å². The predicted octanol–water partition coefficient (Wildman–Crippen LogP) is 4.56. The molecule has 2 aromatic carbocycles. The Hall–Kier alpha value is -4.07. The first-order chi connectivity index (χ1) is 19.5. The number of rotatable bonds is 5. The van der Waals surface area contributed by atoms with E-state index in [0.29, 0.717) is 23.0 Å². The zero-order valence-corrected chi connectivity index (χ0v) is 23.3. The number of allylic oxidation sites excluding steroid dienone is 4. The van der Waals surface area contributed by atoms with Gasteiger partial charge in [-0.1, -0.05) is 48.9 Å². The molecule has 6 atom stereocenters. The number of Topliss-reactive ketones (excluding diaryl/α,β-unsaturated/α-hetero) is 2. The summed E-state index contributed by atoms with van der Waals surface area (Å²) in [5, 5.41) is 21.1. The first kappa shape index (κ1) is 27.1. The second-order valence-electron chi connectivity index (χ2n) is 12.2. The first-order valence-corrected chi connectivity index (χ1v) is 14.2. The van der Waals surface area contributed by atoms with Gasteiger partial charge in [0.25, 0.3) is 0 Å². The van der Waals surface area contributed by atoms with Gasteiger partial charge in [0.1, 0.15) is 5.75 Å². The van der Waals surface area contributed by atoms with E-state index < -0.39 is 41.0 Å². The van der Waals surface area contributed by atoms with E-state index in [0.717, 1.165) is 16.5 Å². The number of imide groups is 1. The van der Waals surface area contributed by atoms with Crippen molar-refractivity contribution in [2.24, 2.45) is 29.1 Å². The first-order valence-electron chi connectivity index (χ1n) is 14.2. The molecule has 1 aliphatic heterocycles. The van der Waals surface area contributed by atoms with E-state index in [2.05, 4.69) is 0 Å². The van der Waals surface area contributed by atoms with Crippen molar-refractivity contribution in [1.29, 1.82) is 0 Å². The average molecular weight is 556 g/mol. The minimum Gasteiger partial charge on any atom is -0.507 e. The quantitative estimate of drug-likeness (QED) is 0.409. The third-order valence-electron chi connectivity index (χ3n) is 10.3. The van der Waals surface area contributed by atoms with Crippen molar-refractivity contribution >= 4 is 40.1 Å². The van der Waals surface area contributed by atoms with Crippen molar-refractivity contribution in [3.63, 3.8) is 0 Å². The van der Waals surface area contributed by atoms with E-state index in [-0.39, 0.29) is 54.9 Å². The average Bonchev–Trinajstić information content (AvgIpc) is 3.20. The molecule has 41 heavy (non-hydrogen) atoms. The number of carboxylic acid groups (broad SMARTS) is 1. The number of phenols is 1. The van der Waals surface area contributed by atoms with Crippen molar-refractivity contribution in [2.75, 3.05) is 6.54 Å². The standard InChI is InChI=1S/C33H33NO7/c1-16-17(2)30(39)33(3)24(29(16)38)15-23-21(28(33)20-12-13-25(35)19-8-5-4-7-18(19)20)10-11-22-27(23)32(41)34(31(22)40)14-6-9-26(36)37/h4-5,7-8,10,12-13,22-24,27-28,35H,6,9,11,14-15H2,1-3H3,(H,36,37)/t22-,23+,24-,27-,28-,33+/m0/s1. The highest BCUT2D eigenvalue weighted by Crippen LogP contribution is 2.63. The number of phenolic OH excluding ortho intramolecular Hbond substituents is 1. The van der Waals surface area contributed by atoms with E-state index in [1.165, 1.54) is 4.90 Å². The summed E-state index contributed by atoms with van der Waals surface area (Å²) in [5.41, 5.74) is 1.48. The van der Waals surface area contributed by atoms with Crippen LogP contribution in [-0.4, -0.2) is 51.0 Å². The number of carbonyl (C=O) groups excluding carboxylic acids is 4. The molecule has 0 spiro atoms. The van der Waals surface area contributed by atoms with Gasteiger partial charge in [-0.15, -0.1) is 0 Å². The summed E-state index contributed by atoms with van der Waals surface area (Å²) < 4.78 is 0. The van der Waals surface area contributed by atoms with Crippen LogP contribution in [0.2, 0.25) is 0 Å². The van der Waals surface area contributed by atoms with E-state index in [1.54, 1.807) is 19.9 Å². The number of fused-ring (bicyclic) bond motifs is 5. The van der Waals surface area contributed by atoms with Gasteiger partial charge in [-0.2, -0.15) is 0 Å². The molecule has 212 valence electrons. The number of benzene rings is 2. The molecule has 8 heteroatoms. The zero-order chi connectivity index (χ0) is 29.4. The summed E-state index contributed by atoms with van der Waals surface area (Å²) in [5.74, 6) is -4.57. The number of carboxylic acids is 1. The van der Waals surface area contributed by atoms with Crippen LogP contribution in [0.15, 0.2) is 59.2 Å². The molecule has 6 rings (SSSR count). The molecule has 8 nitrogen and oxygen atoms in total. The molecule has 2 N–H and O–H groups in total. The minimum atomic E-state index is -1.11. The highest BCUT2D eigenvalue weighted by atomic mass is 16.4. The maximum atomic E-state index is 14.2. The fourth-order valence-electron chi connectivity index (χ4n) is 8.16. The smallest absolute Gasteiger partial charge is 0.303 e. The Balaban J connectivity index is 1.52. The van der Waals surface area contributed by atoms with Gasteiger partial charge in [-0.3, -0.25) is 28.9 Å². The van der Waals surface area contributed by atoms with Crippen LogP contribution in [0.3, 0.4) is 0 Å². The summed E-state index contributed by atoms with van der Waals surface area (Å²) in [6.07, 6.45) is 2.66. The Bertz CT molecular complexity index is 1620. The van der Waals surface area contributed by atoms with Gasteiger partial charge in [0.05, 0.1) is 17.3 Å².